The van der Waals surface area contributed by atoms with Crippen molar-refractivity contribution in [3.8, 4) is 0 Å². The molecule has 0 bridgehead atoms. The molecule has 7 heteroatoms. The van der Waals surface area contributed by atoms with E-state index in [9.17, 15) is 20.1 Å². The highest BCUT2D eigenvalue weighted by Crippen LogP contribution is 2.74. The third-order valence-corrected chi connectivity index (χ3v) is 9.79. The number of carbonyl (C=O) groups excluding carboxylic acids is 1. The summed E-state index contributed by atoms with van der Waals surface area (Å²) in [7, 11) is 0. The second-order valence-electron chi connectivity index (χ2n) is 10.1. The van der Waals surface area contributed by atoms with Crippen molar-refractivity contribution >= 4 is 17.6 Å². The predicted molar refractivity (Wildman–Crippen MR) is 101 cm³/mol. The van der Waals surface area contributed by atoms with Gasteiger partial charge in [0.15, 0.2) is 5.60 Å². The van der Waals surface area contributed by atoms with Crippen molar-refractivity contribution in [3.63, 3.8) is 0 Å². The lowest BCUT2D eigenvalue weighted by atomic mass is 9.41. The van der Waals surface area contributed by atoms with E-state index in [4.69, 9.17) is 21.1 Å². The molecule has 28 heavy (non-hydrogen) atoms. The number of fused-ring (bicyclic) bond motifs is 3. The summed E-state index contributed by atoms with van der Waals surface area (Å²) in [5, 5.41) is 34.3. The first kappa shape index (κ1) is 19.3. The van der Waals surface area contributed by atoms with Crippen molar-refractivity contribution in [3.05, 3.63) is 11.1 Å². The summed E-state index contributed by atoms with van der Waals surface area (Å²) in [6.07, 6.45) is 0.0438. The van der Waals surface area contributed by atoms with Crippen LogP contribution in [0, 0.1) is 23.2 Å². The Kier molecular flexibility index (Phi) is 3.68. The molecule has 0 aromatic heterocycles. The molecule has 5 aliphatic rings. The highest BCUT2D eigenvalue weighted by Gasteiger charge is 2.88. The number of ether oxygens (including phenoxy) is 2. The minimum atomic E-state index is -1.56. The van der Waals surface area contributed by atoms with Crippen LogP contribution in [-0.2, 0) is 14.3 Å². The number of halogens is 1. The van der Waals surface area contributed by atoms with Gasteiger partial charge in [0.1, 0.15) is 23.9 Å². The summed E-state index contributed by atoms with van der Waals surface area (Å²) in [5.41, 5.74) is -3.15. The molecule has 5 rings (SSSR count). The van der Waals surface area contributed by atoms with Crippen LogP contribution in [0.2, 0.25) is 0 Å². The van der Waals surface area contributed by atoms with E-state index in [0.717, 1.165) is 11.1 Å². The molecule has 3 fully saturated rings. The molecule has 2 aliphatic heterocycles. The van der Waals surface area contributed by atoms with Gasteiger partial charge in [0.25, 0.3) is 0 Å². The van der Waals surface area contributed by atoms with Crippen molar-refractivity contribution in [2.75, 3.05) is 6.61 Å². The van der Waals surface area contributed by atoms with E-state index in [1.807, 2.05) is 27.7 Å². The predicted octanol–water partition coefficient (Wildman–Crippen LogP) is 1.53. The van der Waals surface area contributed by atoms with E-state index in [1.54, 1.807) is 0 Å². The number of carbonyl (C=O) groups is 1. The van der Waals surface area contributed by atoms with Gasteiger partial charge in [-0.3, -0.25) is 0 Å². The molecule has 3 N–H and O–H groups in total. The number of cyclic esters (lactones) is 1. The zero-order valence-electron chi connectivity index (χ0n) is 16.7. The lowest BCUT2D eigenvalue weighted by Crippen LogP contribution is -2.81. The fourth-order valence-electron chi connectivity index (χ4n) is 7.31. The van der Waals surface area contributed by atoms with Gasteiger partial charge >= 0.3 is 5.97 Å². The molecule has 9 atom stereocenters. The van der Waals surface area contributed by atoms with Crippen molar-refractivity contribution in [1.29, 1.82) is 0 Å². The molecular formula is C21H29ClO6. The number of esters is 1. The Morgan fingerprint density at radius 2 is 1.96 bits per heavy atom. The van der Waals surface area contributed by atoms with Crippen LogP contribution < -0.4 is 0 Å². The first-order valence-corrected chi connectivity index (χ1v) is 10.7. The van der Waals surface area contributed by atoms with Gasteiger partial charge in [0.05, 0.1) is 11.5 Å². The van der Waals surface area contributed by atoms with Gasteiger partial charge in [-0.2, -0.15) is 0 Å². The summed E-state index contributed by atoms with van der Waals surface area (Å²) in [5.74, 6) is -1.14. The monoisotopic (exact) mass is 412 g/mol. The maximum atomic E-state index is 12.3. The van der Waals surface area contributed by atoms with E-state index >= 15 is 0 Å². The Morgan fingerprint density at radius 1 is 1.29 bits per heavy atom. The summed E-state index contributed by atoms with van der Waals surface area (Å²) >= 11 is 6.77. The number of hydrogen-bond acceptors (Lipinski definition) is 6. The van der Waals surface area contributed by atoms with Crippen LogP contribution in [0.3, 0.4) is 0 Å². The molecule has 0 aromatic carbocycles. The Labute approximate surface area is 169 Å². The van der Waals surface area contributed by atoms with Crippen molar-refractivity contribution < 1.29 is 29.6 Å². The van der Waals surface area contributed by atoms with Gasteiger partial charge in [0, 0.05) is 16.9 Å². The van der Waals surface area contributed by atoms with Crippen LogP contribution in [0.4, 0.5) is 0 Å². The van der Waals surface area contributed by atoms with E-state index in [1.165, 1.54) is 0 Å². The minimum Gasteiger partial charge on any atom is -0.458 e. The topological polar surface area (TPSA) is 99.5 Å². The van der Waals surface area contributed by atoms with Crippen molar-refractivity contribution in [1.82, 2.24) is 0 Å². The molecule has 3 aliphatic carbocycles. The fraction of sp³-hybridized carbons (Fsp3) is 0.857. The van der Waals surface area contributed by atoms with E-state index in [2.05, 4.69) is 0 Å². The normalized spacial score (nSPS) is 57.3. The number of epoxide rings is 1. The van der Waals surface area contributed by atoms with Gasteiger partial charge in [-0.1, -0.05) is 27.7 Å². The molecule has 1 saturated heterocycles. The summed E-state index contributed by atoms with van der Waals surface area (Å²) in [6.45, 7) is 7.80. The highest BCUT2D eigenvalue weighted by molar-refractivity contribution is 6.22. The van der Waals surface area contributed by atoms with Crippen LogP contribution in [-0.4, -0.2) is 62.3 Å². The zero-order valence-corrected chi connectivity index (χ0v) is 17.5. The molecule has 156 valence electrons. The fourth-order valence-corrected chi connectivity index (χ4v) is 7.86. The molecule has 2 saturated carbocycles. The minimum absolute atomic E-state index is 0.0721. The van der Waals surface area contributed by atoms with Crippen molar-refractivity contribution in [2.45, 2.75) is 81.3 Å². The van der Waals surface area contributed by atoms with Crippen LogP contribution in [0.5, 0.6) is 0 Å². The van der Waals surface area contributed by atoms with Gasteiger partial charge in [-0.15, -0.1) is 11.6 Å². The number of rotatable bonds is 1. The Morgan fingerprint density at radius 3 is 2.61 bits per heavy atom. The number of aliphatic hydroxyl groups excluding tert-OH is 1. The van der Waals surface area contributed by atoms with Gasteiger partial charge in [0.2, 0.25) is 0 Å². The molecule has 2 heterocycles. The molecule has 0 radical (unpaired) electrons. The molecule has 0 amide bonds. The summed E-state index contributed by atoms with van der Waals surface area (Å²) in [6, 6.07) is 0. The van der Waals surface area contributed by atoms with Crippen LogP contribution >= 0.6 is 11.6 Å². The molecular weight excluding hydrogens is 384 g/mol. The SMILES string of the molecule is CC(C)[C@]1(O)[C@H](Cl)[C@H](C)[C@]2(O)[C@]3(O[C@H]3C[C@H]3C4=C(CC[C@@]32C)C(=O)OC4)[C@@H]1O. The second kappa shape index (κ2) is 5.33. The smallest absolute Gasteiger partial charge is 0.334 e. The highest BCUT2D eigenvalue weighted by atomic mass is 35.5. The average Bonchev–Trinajstić information content (AvgIpc) is 3.28. The third kappa shape index (κ3) is 1.72. The van der Waals surface area contributed by atoms with Gasteiger partial charge in [-0.05, 0) is 36.7 Å². The first-order chi connectivity index (χ1) is 13.0. The van der Waals surface area contributed by atoms with Gasteiger partial charge in [-0.25, -0.2) is 4.79 Å². The third-order valence-electron chi connectivity index (χ3n) is 9.06. The standard InChI is InChI=1S/C21H29ClO6/c1-9(2)19(25)15(22)10(3)21(26)18(4)6-5-11-12(8-27-16(11)23)13(18)7-14-20(21,28-14)17(19)24/h9-10,13-15,17,24-26H,5-8H2,1-4H3/t10-,13-,14-,15+,17+,18-,19-,20+,21+/m0/s1. The maximum absolute atomic E-state index is 12.3. The molecule has 1 spiro atoms. The lowest BCUT2D eigenvalue weighted by molar-refractivity contribution is -0.283. The number of alkyl halides is 1. The largest absolute Gasteiger partial charge is 0.458 e. The van der Waals surface area contributed by atoms with E-state index < -0.39 is 39.6 Å². The maximum Gasteiger partial charge on any atom is 0.334 e. The van der Waals surface area contributed by atoms with Crippen molar-refractivity contribution in [2.24, 2.45) is 23.2 Å². The summed E-state index contributed by atoms with van der Waals surface area (Å²) < 4.78 is 11.4. The Bertz CT molecular complexity index is 796. The van der Waals surface area contributed by atoms with E-state index in [-0.39, 0.29) is 30.5 Å². The summed E-state index contributed by atoms with van der Waals surface area (Å²) in [4.78, 5) is 12.1. The number of hydrogen-bond donors (Lipinski definition) is 3. The Balaban J connectivity index is 1.67. The lowest BCUT2D eigenvalue weighted by Gasteiger charge is -2.66. The van der Waals surface area contributed by atoms with Crippen LogP contribution in [0.25, 0.3) is 0 Å². The van der Waals surface area contributed by atoms with Crippen LogP contribution in [0.1, 0.15) is 47.0 Å². The first-order valence-electron chi connectivity index (χ1n) is 10.3. The quantitative estimate of drug-likeness (QED) is 0.343. The zero-order chi connectivity index (χ0) is 20.4. The molecule has 6 nitrogen and oxygen atoms in total. The Hall–Kier alpha value is -0.660. The number of aliphatic hydroxyl groups is 3. The second-order valence-corrected chi connectivity index (χ2v) is 10.6. The molecule has 0 aromatic rings. The van der Waals surface area contributed by atoms with Gasteiger partial charge < -0.3 is 24.8 Å². The van der Waals surface area contributed by atoms with Crippen LogP contribution in [0.15, 0.2) is 11.1 Å². The average molecular weight is 413 g/mol. The molecule has 0 unspecified atom stereocenters. The van der Waals surface area contributed by atoms with E-state index in [0.29, 0.717) is 19.3 Å².